The van der Waals surface area contributed by atoms with Crippen LogP contribution in [0.2, 0.25) is 0 Å². The predicted molar refractivity (Wildman–Crippen MR) is 99.0 cm³/mol. The molecule has 0 spiro atoms. The fourth-order valence-corrected chi connectivity index (χ4v) is 3.80. The largest absolute Gasteiger partial charge is 0.497 e. The predicted octanol–water partition coefficient (Wildman–Crippen LogP) is 3.29. The third kappa shape index (κ3) is 3.26. The van der Waals surface area contributed by atoms with Crippen LogP contribution < -0.4 is 9.64 Å². The third-order valence-electron chi connectivity index (χ3n) is 5.44. The Labute approximate surface area is 153 Å². The minimum atomic E-state index is -0.197. The van der Waals surface area contributed by atoms with Crippen molar-refractivity contribution >= 4 is 11.6 Å². The van der Waals surface area contributed by atoms with Crippen molar-refractivity contribution in [1.29, 1.82) is 0 Å². The Bertz CT molecular complexity index is 785. The number of carbonyl (C=O) groups is 1. The van der Waals surface area contributed by atoms with Gasteiger partial charge in [-0.2, -0.15) is 0 Å². The fourth-order valence-electron chi connectivity index (χ4n) is 3.80. The smallest absolute Gasteiger partial charge is 0.226 e. The average molecular weight is 354 g/mol. The standard InChI is InChI=1S/C21H23FN2O2/c1-26-16-8-6-15(7-9-16)23-10-12-24(13-11-23)21(25)19-14-18(19)17-4-2-3-5-20(17)22/h2-9,18-19H,10-14H2,1H3. The molecule has 4 rings (SSSR count). The summed E-state index contributed by atoms with van der Waals surface area (Å²) in [6, 6.07) is 14.8. The lowest BCUT2D eigenvalue weighted by Gasteiger charge is -2.36. The summed E-state index contributed by atoms with van der Waals surface area (Å²) in [4.78, 5) is 17.0. The van der Waals surface area contributed by atoms with Crippen molar-refractivity contribution < 1.29 is 13.9 Å². The minimum Gasteiger partial charge on any atom is -0.497 e. The molecule has 1 aliphatic carbocycles. The summed E-state index contributed by atoms with van der Waals surface area (Å²) in [6.45, 7) is 3.06. The number of hydrogen-bond donors (Lipinski definition) is 0. The van der Waals surface area contributed by atoms with Gasteiger partial charge in [0.2, 0.25) is 5.91 Å². The number of carbonyl (C=O) groups excluding carboxylic acids is 1. The molecular formula is C21H23FN2O2. The van der Waals surface area contributed by atoms with Crippen molar-refractivity contribution in [2.24, 2.45) is 5.92 Å². The number of benzene rings is 2. The molecule has 2 atom stereocenters. The molecule has 4 nitrogen and oxygen atoms in total. The number of amides is 1. The van der Waals surface area contributed by atoms with Gasteiger partial charge in [-0.05, 0) is 48.2 Å². The van der Waals surface area contributed by atoms with Gasteiger partial charge in [-0.3, -0.25) is 4.79 Å². The molecule has 2 aliphatic rings. The van der Waals surface area contributed by atoms with E-state index in [9.17, 15) is 9.18 Å². The van der Waals surface area contributed by atoms with E-state index in [1.54, 1.807) is 19.2 Å². The van der Waals surface area contributed by atoms with E-state index in [2.05, 4.69) is 4.90 Å². The van der Waals surface area contributed by atoms with Gasteiger partial charge in [0.15, 0.2) is 0 Å². The van der Waals surface area contributed by atoms with Gasteiger partial charge in [0.1, 0.15) is 11.6 Å². The maximum atomic E-state index is 13.9. The monoisotopic (exact) mass is 354 g/mol. The second-order valence-corrected chi connectivity index (χ2v) is 6.98. The van der Waals surface area contributed by atoms with Gasteiger partial charge in [-0.25, -0.2) is 4.39 Å². The van der Waals surface area contributed by atoms with Crippen LogP contribution in [0.5, 0.6) is 5.75 Å². The van der Waals surface area contributed by atoms with E-state index in [0.717, 1.165) is 30.9 Å². The molecule has 0 aromatic heterocycles. The van der Waals surface area contributed by atoms with Crippen molar-refractivity contribution in [2.45, 2.75) is 12.3 Å². The summed E-state index contributed by atoms with van der Waals surface area (Å²) in [5, 5.41) is 0. The van der Waals surface area contributed by atoms with Crippen LogP contribution in [0.15, 0.2) is 48.5 Å². The van der Waals surface area contributed by atoms with Crippen molar-refractivity contribution in [3.05, 3.63) is 59.9 Å². The highest BCUT2D eigenvalue weighted by atomic mass is 19.1. The molecule has 1 aliphatic heterocycles. The zero-order valence-corrected chi connectivity index (χ0v) is 14.9. The highest BCUT2D eigenvalue weighted by Gasteiger charge is 2.47. The Morgan fingerprint density at radius 1 is 1.04 bits per heavy atom. The number of halogens is 1. The number of anilines is 1. The average Bonchev–Trinajstić information content (AvgIpc) is 3.48. The zero-order valence-electron chi connectivity index (χ0n) is 14.9. The first-order chi connectivity index (χ1) is 12.7. The molecule has 0 bridgehead atoms. The lowest BCUT2D eigenvalue weighted by Crippen LogP contribution is -2.49. The topological polar surface area (TPSA) is 32.8 Å². The Hall–Kier alpha value is -2.56. The molecule has 136 valence electrons. The zero-order chi connectivity index (χ0) is 18.1. The summed E-state index contributed by atoms with van der Waals surface area (Å²) in [7, 11) is 1.66. The van der Waals surface area contributed by atoms with Gasteiger partial charge in [-0.15, -0.1) is 0 Å². The van der Waals surface area contributed by atoms with Gasteiger partial charge in [0.05, 0.1) is 7.11 Å². The molecule has 5 heteroatoms. The molecule has 1 saturated carbocycles. The molecule has 1 amide bonds. The second-order valence-electron chi connectivity index (χ2n) is 6.98. The van der Waals surface area contributed by atoms with E-state index >= 15 is 0 Å². The van der Waals surface area contributed by atoms with Crippen LogP contribution in [0.3, 0.4) is 0 Å². The molecule has 2 aromatic carbocycles. The van der Waals surface area contributed by atoms with Gasteiger partial charge < -0.3 is 14.5 Å². The first-order valence-corrected chi connectivity index (χ1v) is 9.09. The van der Waals surface area contributed by atoms with E-state index in [1.165, 1.54) is 6.07 Å². The van der Waals surface area contributed by atoms with Gasteiger partial charge >= 0.3 is 0 Å². The lowest BCUT2D eigenvalue weighted by atomic mass is 10.1. The number of methoxy groups -OCH3 is 1. The normalized spacial score (nSPS) is 22.2. The van der Waals surface area contributed by atoms with E-state index in [-0.39, 0.29) is 23.6 Å². The van der Waals surface area contributed by atoms with E-state index in [0.29, 0.717) is 18.7 Å². The molecule has 1 saturated heterocycles. The fraction of sp³-hybridized carbons (Fsp3) is 0.381. The van der Waals surface area contributed by atoms with Crippen molar-refractivity contribution in [3.63, 3.8) is 0 Å². The molecule has 1 heterocycles. The van der Waals surface area contributed by atoms with E-state index in [4.69, 9.17) is 4.74 Å². The number of rotatable bonds is 4. The Kier molecular flexibility index (Phi) is 4.53. The van der Waals surface area contributed by atoms with E-state index in [1.807, 2.05) is 35.2 Å². The van der Waals surface area contributed by atoms with Crippen LogP contribution in [0.4, 0.5) is 10.1 Å². The summed E-state index contributed by atoms with van der Waals surface area (Å²) >= 11 is 0. The lowest BCUT2D eigenvalue weighted by molar-refractivity contribution is -0.132. The minimum absolute atomic E-state index is 0.0447. The maximum absolute atomic E-state index is 13.9. The Morgan fingerprint density at radius 2 is 1.73 bits per heavy atom. The quantitative estimate of drug-likeness (QED) is 0.845. The highest BCUT2D eigenvalue weighted by Crippen LogP contribution is 2.49. The number of piperazine rings is 1. The third-order valence-corrected chi connectivity index (χ3v) is 5.44. The van der Waals surface area contributed by atoms with Crippen LogP contribution in [0.1, 0.15) is 17.9 Å². The number of hydrogen-bond acceptors (Lipinski definition) is 3. The van der Waals surface area contributed by atoms with Crippen LogP contribution in [-0.4, -0.2) is 44.1 Å². The van der Waals surface area contributed by atoms with E-state index < -0.39 is 0 Å². The molecule has 0 N–H and O–H groups in total. The van der Waals surface area contributed by atoms with Gasteiger partial charge in [0.25, 0.3) is 0 Å². The van der Waals surface area contributed by atoms with Crippen molar-refractivity contribution in [1.82, 2.24) is 4.90 Å². The number of ether oxygens (including phenoxy) is 1. The molecule has 2 aromatic rings. The van der Waals surface area contributed by atoms with Crippen LogP contribution >= 0.6 is 0 Å². The van der Waals surface area contributed by atoms with Gasteiger partial charge in [-0.1, -0.05) is 18.2 Å². The van der Waals surface area contributed by atoms with Crippen molar-refractivity contribution in [2.75, 3.05) is 38.2 Å². The summed E-state index contributed by atoms with van der Waals surface area (Å²) in [5.74, 6) is 0.808. The summed E-state index contributed by atoms with van der Waals surface area (Å²) in [5.41, 5.74) is 1.83. The molecule has 2 unspecified atom stereocenters. The molecule has 2 fully saturated rings. The molecule has 26 heavy (non-hydrogen) atoms. The Morgan fingerprint density at radius 3 is 2.38 bits per heavy atom. The molecule has 0 radical (unpaired) electrons. The summed E-state index contributed by atoms with van der Waals surface area (Å²) in [6.07, 6.45) is 0.762. The van der Waals surface area contributed by atoms with Crippen LogP contribution in [0.25, 0.3) is 0 Å². The summed E-state index contributed by atoms with van der Waals surface area (Å²) < 4.78 is 19.1. The maximum Gasteiger partial charge on any atom is 0.226 e. The highest BCUT2D eigenvalue weighted by molar-refractivity contribution is 5.83. The van der Waals surface area contributed by atoms with Crippen molar-refractivity contribution in [3.8, 4) is 5.75 Å². The Balaban J connectivity index is 1.33. The van der Waals surface area contributed by atoms with Gasteiger partial charge in [0, 0.05) is 37.8 Å². The number of nitrogens with zero attached hydrogens (tertiary/aromatic N) is 2. The van der Waals surface area contributed by atoms with Crippen LogP contribution in [0, 0.1) is 11.7 Å². The SMILES string of the molecule is COc1ccc(N2CCN(C(=O)C3CC3c3ccccc3F)CC2)cc1. The molecular weight excluding hydrogens is 331 g/mol. The van der Waals surface area contributed by atoms with Crippen LogP contribution in [-0.2, 0) is 4.79 Å². The first kappa shape index (κ1) is 16.9. The first-order valence-electron chi connectivity index (χ1n) is 9.09. The second kappa shape index (κ2) is 6.98.